The van der Waals surface area contributed by atoms with Gasteiger partial charge in [-0.25, -0.2) is 16.8 Å². The van der Waals surface area contributed by atoms with Crippen molar-refractivity contribution < 1.29 is 31.1 Å². The zero-order valence-electron chi connectivity index (χ0n) is 22.0. The van der Waals surface area contributed by atoms with Gasteiger partial charge in [0.1, 0.15) is 17.2 Å². The van der Waals surface area contributed by atoms with Crippen LogP contribution in [0.15, 0.2) is 76.5 Å². The number of benzene rings is 3. The SMILES string of the molecule is COc1ccc(NC(=O)CN(c2ccc(C)c(C)c2)S(=O)(=O)c2ccccc2)cc1S(=O)(=O)N1CCOCC1. The van der Waals surface area contributed by atoms with Crippen molar-refractivity contribution in [3.05, 3.63) is 77.9 Å². The molecule has 1 N–H and O–H groups in total. The van der Waals surface area contributed by atoms with E-state index in [1.54, 1.807) is 36.4 Å². The minimum absolute atomic E-state index is 0.0411. The lowest BCUT2D eigenvalue weighted by Crippen LogP contribution is -2.40. The Morgan fingerprint density at radius 1 is 0.949 bits per heavy atom. The van der Waals surface area contributed by atoms with Crippen molar-refractivity contribution >= 4 is 37.3 Å². The zero-order valence-corrected chi connectivity index (χ0v) is 23.6. The molecule has 1 fully saturated rings. The molecule has 1 heterocycles. The molecule has 10 nitrogen and oxygen atoms in total. The lowest BCUT2D eigenvalue weighted by molar-refractivity contribution is -0.114. The highest BCUT2D eigenvalue weighted by Gasteiger charge is 2.31. The predicted molar refractivity (Wildman–Crippen MR) is 148 cm³/mol. The van der Waals surface area contributed by atoms with Gasteiger partial charge in [-0.3, -0.25) is 9.10 Å². The van der Waals surface area contributed by atoms with E-state index in [9.17, 15) is 21.6 Å². The smallest absolute Gasteiger partial charge is 0.264 e. The molecule has 0 aliphatic carbocycles. The number of rotatable bonds is 9. The number of ether oxygens (including phenoxy) is 2. The molecule has 4 rings (SSSR count). The van der Waals surface area contributed by atoms with E-state index in [2.05, 4.69) is 5.32 Å². The van der Waals surface area contributed by atoms with Crippen LogP contribution in [0.5, 0.6) is 5.75 Å². The Hall–Kier alpha value is -3.45. The zero-order chi connectivity index (χ0) is 28.2. The third kappa shape index (κ3) is 6.25. The van der Waals surface area contributed by atoms with Crippen LogP contribution in [0.2, 0.25) is 0 Å². The largest absolute Gasteiger partial charge is 0.495 e. The summed E-state index contributed by atoms with van der Waals surface area (Å²) in [5, 5.41) is 2.65. The number of hydrogen-bond donors (Lipinski definition) is 1. The number of amides is 1. The Bertz CT molecular complexity index is 1550. The Labute approximate surface area is 229 Å². The van der Waals surface area contributed by atoms with Crippen molar-refractivity contribution in [3.8, 4) is 5.75 Å². The van der Waals surface area contributed by atoms with E-state index in [0.29, 0.717) is 5.69 Å². The number of hydrogen-bond acceptors (Lipinski definition) is 7. The first kappa shape index (κ1) is 28.6. The quantitative estimate of drug-likeness (QED) is 0.417. The molecule has 39 heavy (non-hydrogen) atoms. The summed E-state index contributed by atoms with van der Waals surface area (Å²) >= 11 is 0. The summed E-state index contributed by atoms with van der Waals surface area (Å²) in [6, 6.07) is 17.3. The summed E-state index contributed by atoms with van der Waals surface area (Å²) in [6.07, 6.45) is 0. The summed E-state index contributed by atoms with van der Waals surface area (Å²) in [5.41, 5.74) is 2.37. The lowest BCUT2D eigenvalue weighted by Gasteiger charge is -2.27. The molecule has 3 aromatic carbocycles. The topological polar surface area (TPSA) is 122 Å². The van der Waals surface area contributed by atoms with Crippen LogP contribution in [-0.2, 0) is 29.6 Å². The van der Waals surface area contributed by atoms with Gasteiger partial charge in [-0.1, -0.05) is 24.3 Å². The maximum absolute atomic E-state index is 13.6. The van der Waals surface area contributed by atoms with E-state index >= 15 is 0 Å². The third-order valence-corrected chi connectivity index (χ3v) is 10.1. The minimum Gasteiger partial charge on any atom is -0.495 e. The summed E-state index contributed by atoms with van der Waals surface area (Å²) in [7, 11) is -6.65. The number of nitrogens with zero attached hydrogens (tertiary/aromatic N) is 2. The average molecular weight is 574 g/mol. The highest BCUT2D eigenvalue weighted by atomic mass is 32.2. The summed E-state index contributed by atoms with van der Waals surface area (Å²) in [4.78, 5) is 13.2. The molecule has 1 amide bonds. The van der Waals surface area contributed by atoms with E-state index in [0.717, 1.165) is 15.4 Å². The number of anilines is 2. The normalized spacial score (nSPS) is 14.5. The third-order valence-electron chi connectivity index (χ3n) is 6.43. The van der Waals surface area contributed by atoms with E-state index in [1.807, 2.05) is 13.8 Å². The molecule has 0 radical (unpaired) electrons. The molecule has 0 unspecified atom stereocenters. The highest BCUT2D eigenvalue weighted by Crippen LogP contribution is 2.31. The fraction of sp³-hybridized carbons (Fsp3) is 0.296. The maximum Gasteiger partial charge on any atom is 0.264 e. The Kier molecular flexibility index (Phi) is 8.60. The molecule has 3 aromatic rings. The monoisotopic (exact) mass is 573 g/mol. The molecule has 0 bridgehead atoms. The Morgan fingerprint density at radius 3 is 2.28 bits per heavy atom. The van der Waals surface area contributed by atoms with Crippen molar-refractivity contribution in [2.75, 3.05) is 49.6 Å². The van der Waals surface area contributed by atoms with E-state index in [-0.39, 0.29) is 47.5 Å². The molecule has 0 spiro atoms. The molecule has 1 aliphatic heterocycles. The number of sulfonamides is 2. The molecule has 12 heteroatoms. The minimum atomic E-state index is -4.09. The lowest BCUT2D eigenvalue weighted by atomic mass is 10.1. The van der Waals surface area contributed by atoms with Gasteiger partial charge in [0.25, 0.3) is 10.0 Å². The molecule has 1 aliphatic rings. The average Bonchev–Trinajstić information content (AvgIpc) is 2.94. The van der Waals surface area contributed by atoms with Crippen LogP contribution < -0.4 is 14.4 Å². The predicted octanol–water partition coefficient (Wildman–Crippen LogP) is 3.17. The fourth-order valence-corrected chi connectivity index (χ4v) is 7.15. The van der Waals surface area contributed by atoms with Crippen LogP contribution in [0.1, 0.15) is 11.1 Å². The fourth-order valence-electron chi connectivity index (χ4n) is 4.13. The number of methoxy groups -OCH3 is 1. The molecular formula is C27H31N3O7S2. The number of morpholine rings is 1. The molecule has 208 valence electrons. The van der Waals surface area contributed by atoms with Gasteiger partial charge in [0.2, 0.25) is 15.9 Å². The first-order valence-electron chi connectivity index (χ1n) is 12.2. The van der Waals surface area contributed by atoms with Crippen molar-refractivity contribution in [1.82, 2.24) is 4.31 Å². The summed E-state index contributed by atoms with van der Waals surface area (Å²) < 4.78 is 66.7. The number of nitrogens with one attached hydrogen (secondary N) is 1. The first-order chi connectivity index (χ1) is 18.5. The second-order valence-electron chi connectivity index (χ2n) is 9.02. The van der Waals surface area contributed by atoms with Crippen LogP contribution in [0.3, 0.4) is 0 Å². The number of carbonyl (C=O) groups excluding carboxylic acids is 1. The van der Waals surface area contributed by atoms with Crippen LogP contribution in [-0.4, -0.2) is 67.0 Å². The Balaban J connectivity index is 1.65. The second kappa shape index (κ2) is 11.7. The molecule has 1 saturated heterocycles. The van der Waals surface area contributed by atoms with E-state index in [1.165, 1.54) is 41.7 Å². The number of carbonyl (C=O) groups is 1. The van der Waals surface area contributed by atoms with Crippen LogP contribution >= 0.6 is 0 Å². The van der Waals surface area contributed by atoms with Crippen molar-refractivity contribution in [2.24, 2.45) is 0 Å². The van der Waals surface area contributed by atoms with E-state index < -0.39 is 32.5 Å². The molecule has 0 saturated carbocycles. The maximum atomic E-state index is 13.6. The molecular weight excluding hydrogens is 542 g/mol. The van der Waals surface area contributed by atoms with Crippen LogP contribution in [0, 0.1) is 13.8 Å². The second-order valence-corrected chi connectivity index (χ2v) is 12.8. The highest BCUT2D eigenvalue weighted by molar-refractivity contribution is 7.92. The van der Waals surface area contributed by atoms with Crippen molar-refractivity contribution in [2.45, 2.75) is 23.6 Å². The Morgan fingerprint density at radius 2 is 1.64 bits per heavy atom. The first-order valence-corrected chi connectivity index (χ1v) is 15.1. The van der Waals surface area contributed by atoms with Gasteiger partial charge in [-0.2, -0.15) is 4.31 Å². The molecule has 0 aromatic heterocycles. The van der Waals surface area contributed by atoms with Gasteiger partial charge in [0.05, 0.1) is 30.9 Å². The van der Waals surface area contributed by atoms with Crippen LogP contribution in [0.25, 0.3) is 0 Å². The van der Waals surface area contributed by atoms with E-state index in [4.69, 9.17) is 9.47 Å². The standard InChI is InChI=1S/C27H31N3O7S2/c1-20-9-11-23(17-21(20)2)30(38(32,33)24-7-5-4-6-8-24)19-27(31)28-22-10-12-25(36-3)26(18-22)39(34,35)29-13-15-37-16-14-29/h4-12,17-18H,13-16,19H2,1-3H3,(H,28,31). The number of aryl methyl sites for hydroxylation is 2. The van der Waals surface area contributed by atoms with Crippen LogP contribution in [0.4, 0.5) is 11.4 Å². The summed E-state index contributed by atoms with van der Waals surface area (Å²) in [5.74, 6) is -0.518. The van der Waals surface area contributed by atoms with Gasteiger partial charge >= 0.3 is 0 Å². The van der Waals surface area contributed by atoms with Gasteiger partial charge in [-0.15, -0.1) is 0 Å². The molecule has 0 atom stereocenters. The van der Waals surface area contributed by atoms with Gasteiger partial charge in [0, 0.05) is 18.8 Å². The van der Waals surface area contributed by atoms with Gasteiger partial charge < -0.3 is 14.8 Å². The van der Waals surface area contributed by atoms with Crippen molar-refractivity contribution in [1.29, 1.82) is 0 Å². The summed E-state index contributed by atoms with van der Waals surface area (Å²) in [6.45, 7) is 4.20. The van der Waals surface area contributed by atoms with Gasteiger partial charge in [-0.05, 0) is 67.4 Å². The van der Waals surface area contributed by atoms with Gasteiger partial charge in [0.15, 0.2) is 0 Å². The van der Waals surface area contributed by atoms with Crippen molar-refractivity contribution in [3.63, 3.8) is 0 Å².